The van der Waals surface area contributed by atoms with Crippen LogP contribution in [0.2, 0.25) is 0 Å². The summed E-state index contributed by atoms with van der Waals surface area (Å²) in [6, 6.07) is 19.7. The first-order chi connectivity index (χ1) is 17.7. The molecule has 1 fully saturated rings. The van der Waals surface area contributed by atoms with Crippen molar-refractivity contribution in [2.45, 2.75) is 37.5 Å². The third-order valence-electron chi connectivity index (χ3n) is 6.44. The molecular weight excluding hydrogens is 488 g/mol. The van der Waals surface area contributed by atoms with Crippen molar-refractivity contribution < 1.29 is 22.7 Å². The summed E-state index contributed by atoms with van der Waals surface area (Å²) < 4.78 is 37.5. The van der Waals surface area contributed by atoms with Crippen molar-refractivity contribution in [2.75, 3.05) is 38.2 Å². The van der Waals surface area contributed by atoms with Crippen molar-refractivity contribution in [3.8, 4) is 11.5 Å². The molecule has 0 unspecified atom stereocenters. The number of nitrogens with zero attached hydrogens (tertiary/aromatic N) is 2. The first-order valence-corrected chi connectivity index (χ1v) is 14.1. The lowest BCUT2D eigenvalue weighted by Gasteiger charge is -2.36. The Morgan fingerprint density at radius 2 is 1.62 bits per heavy atom. The van der Waals surface area contributed by atoms with E-state index in [0.29, 0.717) is 43.1 Å². The van der Waals surface area contributed by atoms with Gasteiger partial charge < -0.3 is 19.3 Å². The van der Waals surface area contributed by atoms with Gasteiger partial charge in [-0.15, -0.1) is 0 Å². The second-order valence-electron chi connectivity index (χ2n) is 9.50. The van der Waals surface area contributed by atoms with Crippen LogP contribution in [0.3, 0.4) is 0 Å². The number of amides is 1. The number of hydrogen-bond donors (Lipinski definition) is 0. The van der Waals surface area contributed by atoms with E-state index in [1.54, 1.807) is 48.4 Å². The molecule has 1 heterocycles. The van der Waals surface area contributed by atoms with Gasteiger partial charge in [0.1, 0.15) is 11.5 Å². The quantitative estimate of drug-likeness (QED) is 0.426. The Bertz CT molecular complexity index is 1340. The highest BCUT2D eigenvalue weighted by Crippen LogP contribution is 2.29. The zero-order valence-corrected chi connectivity index (χ0v) is 22.6. The number of anilines is 1. The lowest BCUT2D eigenvalue weighted by molar-refractivity contribution is 0.0745. The number of benzene rings is 3. The van der Waals surface area contributed by atoms with E-state index in [9.17, 15) is 13.2 Å². The molecule has 3 aromatic rings. The molecule has 3 aromatic carbocycles. The minimum absolute atomic E-state index is 0.0437. The van der Waals surface area contributed by atoms with Crippen LogP contribution < -0.4 is 14.4 Å². The molecule has 1 amide bonds. The van der Waals surface area contributed by atoms with Crippen molar-refractivity contribution in [3.05, 3.63) is 83.4 Å². The average molecular weight is 523 g/mol. The third kappa shape index (κ3) is 6.25. The van der Waals surface area contributed by atoms with Gasteiger partial charge in [-0.2, -0.15) is 0 Å². The van der Waals surface area contributed by atoms with E-state index in [1.807, 2.05) is 45.0 Å². The lowest BCUT2D eigenvalue weighted by Crippen LogP contribution is -2.49. The number of methoxy groups -OCH3 is 1. The summed E-state index contributed by atoms with van der Waals surface area (Å²) in [6.07, 6.45) is 0.0437. The summed E-state index contributed by atoms with van der Waals surface area (Å²) in [5.74, 6) is 1.20. The maximum atomic E-state index is 13.4. The van der Waals surface area contributed by atoms with Crippen LogP contribution in [-0.2, 0) is 15.6 Å². The number of piperazine rings is 1. The number of ether oxygens (including phenoxy) is 2. The molecule has 0 saturated carbocycles. The molecule has 0 atom stereocenters. The largest absolute Gasteiger partial charge is 0.495 e. The van der Waals surface area contributed by atoms with Crippen molar-refractivity contribution >= 4 is 21.4 Å². The van der Waals surface area contributed by atoms with E-state index in [4.69, 9.17) is 9.47 Å². The molecule has 196 valence electrons. The highest BCUT2D eigenvalue weighted by atomic mass is 32.2. The monoisotopic (exact) mass is 522 g/mol. The van der Waals surface area contributed by atoms with Crippen molar-refractivity contribution in [3.63, 3.8) is 0 Å². The molecule has 0 aliphatic carbocycles. The van der Waals surface area contributed by atoms with Crippen LogP contribution in [0.15, 0.2) is 71.6 Å². The van der Waals surface area contributed by atoms with Crippen LogP contribution >= 0.6 is 0 Å². The smallest absolute Gasteiger partial charge is 0.254 e. The van der Waals surface area contributed by atoms with Gasteiger partial charge in [0, 0.05) is 31.7 Å². The fourth-order valence-corrected chi connectivity index (χ4v) is 5.85. The molecule has 0 radical (unpaired) electrons. The second kappa shape index (κ2) is 11.3. The Morgan fingerprint density at radius 1 is 0.946 bits per heavy atom. The number of hydrogen-bond acceptors (Lipinski definition) is 6. The molecule has 8 heteroatoms. The average Bonchev–Trinajstić information content (AvgIpc) is 2.89. The molecule has 1 aliphatic heterocycles. The molecular formula is C29H34N2O5S. The highest BCUT2D eigenvalue weighted by molar-refractivity contribution is 7.90. The molecule has 1 saturated heterocycles. The number of sulfone groups is 1. The number of para-hydroxylation sites is 2. The van der Waals surface area contributed by atoms with E-state index in [0.717, 1.165) is 17.0 Å². The molecule has 1 aliphatic rings. The zero-order chi connectivity index (χ0) is 26.6. The topological polar surface area (TPSA) is 76.2 Å². The normalized spacial score (nSPS) is 14.1. The van der Waals surface area contributed by atoms with E-state index in [2.05, 4.69) is 4.90 Å². The van der Waals surface area contributed by atoms with Crippen molar-refractivity contribution in [1.29, 1.82) is 0 Å². The fourth-order valence-electron chi connectivity index (χ4n) is 4.48. The Balaban J connectivity index is 1.46. The van der Waals surface area contributed by atoms with Crippen molar-refractivity contribution in [1.82, 2.24) is 4.90 Å². The van der Waals surface area contributed by atoms with Gasteiger partial charge in [-0.1, -0.05) is 30.3 Å². The van der Waals surface area contributed by atoms with E-state index in [-0.39, 0.29) is 22.7 Å². The maximum Gasteiger partial charge on any atom is 0.254 e. The summed E-state index contributed by atoms with van der Waals surface area (Å²) in [4.78, 5) is 17.6. The first-order valence-electron chi connectivity index (χ1n) is 12.4. The van der Waals surface area contributed by atoms with E-state index < -0.39 is 9.84 Å². The molecule has 37 heavy (non-hydrogen) atoms. The van der Waals surface area contributed by atoms with Crippen LogP contribution in [0.4, 0.5) is 5.69 Å². The summed E-state index contributed by atoms with van der Waals surface area (Å²) in [6.45, 7) is 8.13. The molecule has 0 aromatic heterocycles. The van der Waals surface area contributed by atoms with Crippen LogP contribution in [0.25, 0.3) is 0 Å². The first kappa shape index (κ1) is 26.5. The highest BCUT2D eigenvalue weighted by Gasteiger charge is 2.26. The van der Waals surface area contributed by atoms with E-state index >= 15 is 0 Å². The molecule has 0 bridgehead atoms. The van der Waals surface area contributed by atoms with Crippen LogP contribution in [0.5, 0.6) is 11.5 Å². The van der Waals surface area contributed by atoms with Crippen LogP contribution in [-0.4, -0.2) is 58.6 Å². The maximum absolute atomic E-state index is 13.4. The number of aryl methyl sites for hydroxylation is 1. The number of carbonyl (C=O) groups is 1. The van der Waals surface area contributed by atoms with Gasteiger partial charge in [-0.05, 0) is 68.3 Å². The lowest BCUT2D eigenvalue weighted by atomic mass is 10.1. The summed E-state index contributed by atoms with van der Waals surface area (Å²) >= 11 is 0. The fraction of sp³-hybridized carbons (Fsp3) is 0.345. The summed E-state index contributed by atoms with van der Waals surface area (Å²) in [5.41, 5.74) is 2.85. The minimum atomic E-state index is -3.64. The zero-order valence-electron chi connectivity index (χ0n) is 21.8. The summed E-state index contributed by atoms with van der Waals surface area (Å²) in [5, 5.41) is 0. The predicted octanol–water partition coefficient (Wildman–Crippen LogP) is 4.73. The van der Waals surface area contributed by atoms with Gasteiger partial charge in [-0.3, -0.25) is 4.79 Å². The van der Waals surface area contributed by atoms with Gasteiger partial charge >= 0.3 is 0 Å². The number of rotatable bonds is 8. The minimum Gasteiger partial charge on any atom is -0.495 e. The molecule has 0 N–H and O–H groups in total. The van der Waals surface area contributed by atoms with Gasteiger partial charge in [0.05, 0.1) is 29.5 Å². The standard InChI is InChI=1S/C29H34N2O5S/c1-21(2)36-24-12-10-23(11-13-24)20-37(33,34)25-14-9-22(3)26(19-25)29(32)31-17-15-30(16-18-31)27-7-5-6-8-28(27)35-4/h5-14,19,21H,15-18,20H2,1-4H3. The molecule has 7 nitrogen and oxygen atoms in total. The Hall–Kier alpha value is -3.52. The van der Waals surface area contributed by atoms with E-state index in [1.165, 1.54) is 6.07 Å². The molecule has 0 spiro atoms. The number of carbonyl (C=O) groups excluding carboxylic acids is 1. The van der Waals surface area contributed by atoms with Gasteiger partial charge in [0.2, 0.25) is 0 Å². The SMILES string of the molecule is COc1ccccc1N1CCN(C(=O)c2cc(S(=O)(=O)Cc3ccc(OC(C)C)cc3)ccc2C)CC1. The van der Waals surface area contributed by atoms with Crippen LogP contribution in [0.1, 0.15) is 35.3 Å². The third-order valence-corrected chi connectivity index (χ3v) is 8.13. The Labute approximate surface area is 219 Å². The summed E-state index contributed by atoms with van der Waals surface area (Å²) in [7, 11) is -1.99. The van der Waals surface area contributed by atoms with Crippen LogP contribution in [0, 0.1) is 6.92 Å². The molecule has 4 rings (SSSR count). The van der Waals surface area contributed by atoms with Gasteiger partial charge in [0.25, 0.3) is 5.91 Å². The van der Waals surface area contributed by atoms with Gasteiger partial charge in [-0.25, -0.2) is 8.42 Å². The second-order valence-corrected chi connectivity index (χ2v) is 11.5. The van der Waals surface area contributed by atoms with Crippen molar-refractivity contribution in [2.24, 2.45) is 0 Å². The van der Waals surface area contributed by atoms with Gasteiger partial charge in [0.15, 0.2) is 9.84 Å². The Kier molecular flexibility index (Phi) is 8.07. The Morgan fingerprint density at radius 3 is 2.27 bits per heavy atom. The predicted molar refractivity (Wildman–Crippen MR) is 145 cm³/mol.